The maximum atomic E-state index is 13.0. The minimum absolute atomic E-state index is 0.0840. The third-order valence-electron chi connectivity index (χ3n) is 4.30. The fraction of sp³-hybridized carbons (Fsp3) is 0.294. The molecule has 4 nitrogen and oxygen atoms in total. The molecule has 0 aromatic heterocycles. The topological polar surface area (TPSA) is 40.6 Å². The van der Waals surface area contributed by atoms with Gasteiger partial charge in [0.05, 0.1) is 4.90 Å². The average Bonchev–Trinajstić information content (AvgIpc) is 2.66. The third-order valence-corrected chi connectivity index (χ3v) is 6.38. The molecule has 1 unspecified atom stereocenters. The first kappa shape index (κ1) is 16.3. The number of halogens is 1. The van der Waals surface area contributed by atoms with Gasteiger partial charge in [0.15, 0.2) is 0 Å². The van der Waals surface area contributed by atoms with Crippen LogP contribution in [-0.2, 0) is 16.6 Å². The molecule has 0 saturated carbocycles. The van der Waals surface area contributed by atoms with Crippen LogP contribution >= 0.6 is 11.6 Å². The smallest absolute Gasteiger partial charge is 0.243 e. The van der Waals surface area contributed by atoms with Crippen LogP contribution in [-0.4, -0.2) is 32.4 Å². The standard InChI is InChI=1S/C17H19ClN2O2S/c1-13-11-20(12-14-5-3-4-6-17(14)19(13)2)23(21,22)16-9-7-15(18)8-10-16/h3-10,13H,11-12H2,1-2H3. The molecule has 1 aliphatic heterocycles. The molecule has 2 aromatic carbocycles. The second kappa shape index (κ2) is 6.15. The molecule has 0 bridgehead atoms. The second-order valence-corrected chi connectivity index (χ2v) is 8.21. The Morgan fingerprint density at radius 3 is 2.43 bits per heavy atom. The van der Waals surface area contributed by atoms with Crippen molar-refractivity contribution in [2.24, 2.45) is 0 Å². The van der Waals surface area contributed by atoms with Crippen molar-refractivity contribution in [1.29, 1.82) is 0 Å². The molecule has 122 valence electrons. The molecule has 23 heavy (non-hydrogen) atoms. The van der Waals surface area contributed by atoms with E-state index >= 15 is 0 Å². The molecule has 1 aliphatic rings. The van der Waals surface area contributed by atoms with Gasteiger partial charge in [-0.2, -0.15) is 4.31 Å². The summed E-state index contributed by atoms with van der Waals surface area (Å²) in [4.78, 5) is 2.41. The minimum atomic E-state index is -3.55. The number of benzene rings is 2. The van der Waals surface area contributed by atoms with Gasteiger partial charge in [-0.25, -0.2) is 8.42 Å². The zero-order chi connectivity index (χ0) is 16.6. The van der Waals surface area contributed by atoms with Crippen LogP contribution in [0.25, 0.3) is 0 Å². The molecule has 3 rings (SSSR count). The van der Waals surface area contributed by atoms with Crippen molar-refractivity contribution < 1.29 is 8.42 Å². The van der Waals surface area contributed by atoms with Gasteiger partial charge in [-0.1, -0.05) is 29.8 Å². The van der Waals surface area contributed by atoms with Crippen molar-refractivity contribution in [3.8, 4) is 0 Å². The van der Waals surface area contributed by atoms with E-state index in [2.05, 4.69) is 4.90 Å². The van der Waals surface area contributed by atoms with Crippen molar-refractivity contribution in [1.82, 2.24) is 4.31 Å². The predicted molar refractivity (Wildman–Crippen MR) is 93.4 cm³/mol. The van der Waals surface area contributed by atoms with Crippen molar-refractivity contribution in [2.45, 2.75) is 24.4 Å². The summed E-state index contributed by atoms with van der Waals surface area (Å²) in [6, 6.07) is 14.3. The fourth-order valence-electron chi connectivity index (χ4n) is 2.84. The molecule has 0 radical (unpaired) electrons. The molecule has 1 atom stereocenters. The quantitative estimate of drug-likeness (QED) is 0.833. The van der Waals surface area contributed by atoms with Crippen LogP contribution in [0.3, 0.4) is 0 Å². The van der Waals surface area contributed by atoms with E-state index in [1.165, 1.54) is 0 Å². The SMILES string of the molecule is CC1CN(S(=O)(=O)c2ccc(Cl)cc2)Cc2ccccc2N1C. The number of fused-ring (bicyclic) bond motifs is 1. The lowest BCUT2D eigenvalue weighted by Gasteiger charge is -2.27. The fourth-order valence-corrected chi connectivity index (χ4v) is 4.46. The number of hydrogen-bond acceptors (Lipinski definition) is 3. The first-order chi connectivity index (χ1) is 10.9. The zero-order valence-electron chi connectivity index (χ0n) is 13.1. The maximum Gasteiger partial charge on any atom is 0.243 e. The second-order valence-electron chi connectivity index (χ2n) is 5.84. The normalized spacial score (nSPS) is 19.3. The van der Waals surface area contributed by atoms with Crippen LogP contribution in [0.15, 0.2) is 53.4 Å². The van der Waals surface area contributed by atoms with E-state index in [-0.39, 0.29) is 10.9 Å². The summed E-state index contributed by atoms with van der Waals surface area (Å²) in [5, 5.41) is 0.526. The monoisotopic (exact) mass is 350 g/mol. The van der Waals surface area contributed by atoms with Crippen molar-refractivity contribution in [3.63, 3.8) is 0 Å². The van der Waals surface area contributed by atoms with Gasteiger partial charge in [0.1, 0.15) is 0 Å². The molecule has 1 heterocycles. The Hall–Kier alpha value is -1.56. The van der Waals surface area contributed by atoms with E-state index in [1.54, 1.807) is 28.6 Å². The molecule has 0 fully saturated rings. The summed E-state index contributed by atoms with van der Waals surface area (Å²) in [5.74, 6) is 0. The molecular weight excluding hydrogens is 332 g/mol. The van der Waals surface area contributed by atoms with E-state index in [0.717, 1.165) is 11.3 Å². The number of sulfonamides is 1. The first-order valence-electron chi connectivity index (χ1n) is 7.46. The Kier molecular flexibility index (Phi) is 4.36. The first-order valence-corrected chi connectivity index (χ1v) is 9.28. The number of hydrogen-bond donors (Lipinski definition) is 0. The molecule has 0 aliphatic carbocycles. The van der Waals surface area contributed by atoms with Crippen LogP contribution in [0, 0.1) is 0 Å². The van der Waals surface area contributed by atoms with Crippen LogP contribution < -0.4 is 4.90 Å². The molecule has 0 amide bonds. The van der Waals surface area contributed by atoms with E-state index in [4.69, 9.17) is 11.6 Å². The number of rotatable bonds is 2. The summed E-state index contributed by atoms with van der Waals surface area (Å²) < 4.78 is 27.5. The molecule has 6 heteroatoms. The highest BCUT2D eigenvalue weighted by Gasteiger charge is 2.31. The van der Waals surface area contributed by atoms with Gasteiger partial charge in [-0.05, 0) is 42.8 Å². The van der Waals surface area contributed by atoms with Crippen LogP contribution in [0.4, 0.5) is 5.69 Å². The predicted octanol–water partition coefficient (Wildman–Crippen LogP) is 3.37. The van der Waals surface area contributed by atoms with Crippen molar-refractivity contribution in [3.05, 3.63) is 59.1 Å². The largest absolute Gasteiger partial charge is 0.370 e. The lowest BCUT2D eigenvalue weighted by molar-refractivity contribution is 0.392. The number of para-hydroxylation sites is 1. The number of nitrogens with zero attached hydrogens (tertiary/aromatic N) is 2. The Balaban J connectivity index is 2.01. The summed E-state index contributed by atoms with van der Waals surface area (Å²) >= 11 is 5.87. The van der Waals surface area contributed by atoms with E-state index in [1.807, 2.05) is 38.2 Å². The lowest BCUT2D eigenvalue weighted by atomic mass is 10.1. The van der Waals surface area contributed by atoms with Gasteiger partial charge in [0.25, 0.3) is 0 Å². The van der Waals surface area contributed by atoms with Crippen molar-refractivity contribution >= 4 is 27.3 Å². The molecule has 0 spiro atoms. The van der Waals surface area contributed by atoms with E-state index in [0.29, 0.717) is 18.1 Å². The molecule has 2 aromatic rings. The molecule has 0 saturated heterocycles. The summed E-state index contributed by atoms with van der Waals surface area (Å²) in [6.45, 7) is 2.85. The summed E-state index contributed by atoms with van der Waals surface area (Å²) in [6.07, 6.45) is 0. The Labute approximate surface area is 142 Å². The molecular formula is C17H19ClN2O2S. The number of likely N-dealkylation sites (N-methyl/N-ethyl adjacent to an activating group) is 1. The summed E-state index contributed by atoms with van der Waals surface area (Å²) in [5.41, 5.74) is 2.09. The van der Waals surface area contributed by atoms with E-state index < -0.39 is 10.0 Å². The highest BCUT2D eigenvalue weighted by Crippen LogP contribution is 2.29. The minimum Gasteiger partial charge on any atom is -0.370 e. The Morgan fingerprint density at radius 2 is 1.74 bits per heavy atom. The highest BCUT2D eigenvalue weighted by molar-refractivity contribution is 7.89. The zero-order valence-corrected chi connectivity index (χ0v) is 14.7. The van der Waals surface area contributed by atoms with Crippen LogP contribution in [0.5, 0.6) is 0 Å². The molecule has 0 N–H and O–H groups in total. The number of anilines is 1. The Bertz CT molecular complexity index is 806. The van der Waals surface area contributed by atoms with Gasteiger partial charge < -0.3 is 4.90 Å². The van der Waals surface area contributed by atoms with Gasteiger partial charge in [-0.3, -0.25) is 0 Å². The third kappa shape index (κ3) is 3.09. The summed E-state index contributed by atoms with van der Waals surface area (Å²) in [7, 11) is -1.55. The van der Waals surface area contributed by atoms with Crippen LogP contribution in [0.1, 0.15) is 12.5 Å². The van der Waals surface area contributed by atoms with Gasteiger partial charge >= 0.3 is 0 Å². The van der Waals surface area contributed by atoms with Gasteiger partial charge in [0, 0.05) is 36.9 Å². The maximum absolute atomic E-state index is 13.0. The van der Waals surface area contributed by atoms with Gasteiger partial charge in [-0.15, -0.1) is 0 Å². The van der Waals surface area contributed by atoms with Crippen LogP contribution in [0.2, 0.25) is 5.02 Å². The van der Waals surface area contributed by atoms with E-state index in [9.17, 15) is 8.42 Å². The van der Waals surface area contributed by atoms with Gasteiger partial charge in [0.2, 0.25) is 10.0 Å². The highest BCUT2D eigenvalue weighted by atomic mass is 35.5. The Morgan fingerprint density at radius 1 is 1.09 bits per heavy atom. The van der Waals surface area contributed by atoms with Crippen molar-refractivity contribution in [2.75, 3.05) is 18.5 Å². The lowest BCUT2D eigenvalue weighted by Crippen LogP contribution is -2.40. The average molecular weight is 351 g/mol.